The van der Waals surface area contributed by atoms with E-state index in [1.807, 2.05) is 11.9 Å². The average Bonchev–Trinajstić information content (AvgIpc) is 2.73. The summed E-state index contributed by atoms with van der Waals surface area (Å²) in [5.41, 5.74) is 5.79. The highest BCUT2D eigenvalue weighted by molar-refractivity contribution is 5.82. The molecule has 2 unspecified atom stereocenters. The number of likely N-dealkylation sites (tertiary alicyclic amines) is 2. The van der Waals surface area contributed by atoms with Gasteiger partial charge >= 0.3 is 0 Å². The predicted molar refractivity (Wildman–Crippen MR) is 54.8 cm³/mol. The maximum absolute atomic E-state index is 12.0. The minimum Gasteiger partial charge on any atom is -0.340 e. The lowest BCUT2D eigenvalue weighted by molar-refractivity contribution is -0.134. The Balaban J connectivity index is 1.94. The van der Waals surface area contributed by atoms with E-state index in [1.165, 1.54) is 0 Å². The second-order valence-electron chi connectivity index (χ2n) is 4.47. The molecule has 0 aromatic carbocycles. The fourth-order valence-electron chi connectivity index (χ4n) is 2.42. The van der Waals surface area contributed by atoms with Crippen LogP contribution in [0.2, 0.25) is 0 Å². The molecule has 4 heteroatoms. The maximum Gasteiger partial charge on any atom is 0.239 e. The Labute approximate surface area is 85.0 Å². The van der Waals surface area contributed by atoms with Crippen LogP contribution >= 0.6 is 0 Å². The number of carbonyl (C=O) groups excluding carboxylic acids is 1. The molecule has 80 valence electrons. The van der Waals surface area contributed by atoms with Crippen LogP contribution in [0.15, 0.2) is 0 Å². The Morgan fingerprint density at radius 1 is 1.36 bits per heavy atom. The van der Waals surface area contributed by atoms with Crippen molar-refractivity contribution in [2.24, 2.45) is 5.73 Å². The lowest BCUT2D eigenvalue weighted by Crippen LogP contribution is -2.44. The van der Waals surface area contributed by atoms with Crippen LogP contribution in [0, 0.1) is 0 Å². The third-order valence-electron chi connectivity index (χ3n) is 3.34. The molecule has 2 saturated heterocycles. The molecule has 2 heterocycles. The molecule has 2 aliphatic heterocycles. The first-order valence-corrected chi connectivity index (χ1v) is 5.43. The minimum absolute atomic E-state index is 0.125. The molecule has 2 N–H and O–H groups in total. The molecule has 0 bridgehead atoms. The van der Waals surface area contributed by atoms with Crippen LogP contribution in [-0.4, -0.2) is 54.5 Å². The number of hydrogen-bond acceptors (Lipinski definition) is 3. The standard InChI is InChI=1S/C10H19N3O/c1-12-5-2-3-9(12)10(14)13-6-4-8(11)7-13/h8-9H,2-7,11H2,1H3. The van der Waals surface area contributed by atoms with Crippen LogP contribution in [0.25, 0.3) is 0 Å². The Kier molecular flexibility index (Phi) is 2.74. The Hall–Kier alpha value is -0.610. The van der Waals surface area contributed by atoms with E-state index >= 15 is 0 Å². The van der Waals surface area contributed by atoms with Gasteiger partial charge in [0.15, 0.2) is 0 Å². The third kappa shape index (κ3) is 1.77. The van der Waals surface area contributed by atoms with Gasteiger partial charge in [-0.3, -0.25) is 9.69 Å². The number of nitrogens with zero attached hydrogens (tertiary/aromatic N) is 2. The fraction of sp³-hybridized carbons (Fsp3) is 0.900. The summed E-state index contributed by atoms with van der Waals surface area (Å²) >= 11 is 0. The van der Waals surface area contributed by atoms with E-state index in [1.54, 1.807) is 0 Å². The highest BCUT2D eigenvalue weighted by Gasteiger charge is 2.33. The molecule has 0 aromatic heterocycles. The number of hydrogen-bond donors (Lipinski definition) is 1. The molecule has 0 saturated carbocycles. The van der Waals surface area contributed by atoms with Crippen molar-refractivity contribution in [3.05, 3.63) is 0 Å². The van der Waals surface area contributed by atoms with Gasteiger partial charge in [-0.1, -0.05) is 0 Å². The fourth-order valence-corrected chi connectivity index (χ4v) is 2.42. The summed E-state index contributed by atoms with van der Waals surface area (Å²) in [5, 5.41) is 0. The number of likely N-dealkylation sites (N-methyl/N-ethyl adjacent to an activating group) is 1. The second kappa shape index (κ2) is 3.87. The van der Waals surface area contributed by atoms with Crippen molar-refractivity contribution in [3.8, 4) is 0 Å². The van der Waals surface area contributed by atoms with E-state index < -0.39 is 0 Å². The Morgan fingerprint density at radius 3 is 2.64 bits per heavy atom. The summed E-state index contributed by atoms with van der Waals surface area (Å²) in [6.07, 6.45) is 3.12. The van der Waals surface area contributed by atoms with E-state index in [0.717, 1.165) is 38.9 Å². The van der Waals surface area contributed by atoms with Gasteiger partial charge in [-0.25, -0.2) is 0 Å². The van der Waals surface area contributed by atoms with E-state index in [4.69, 9.17) is 5.73 Å². The van der Waals surface area contributed by atoms with Crippen LogP contribution in [0.3, 0.4) is 0 Å². The number of carbonyl (C=O) groups is 1. The van der Waals surface area contributed by atoms with Crippen LogP contribution in [-0.2, 0) is 4.79 Å². The van der Waals surface area contributed by atoms with Crippen molar-refractivity contribution >= 4 is 5.91 Å². The van der Waals surface area contributed by atoms with Gasteiger partial charge in [0, 0.05) is 19.1 Å². The highest BCUT2D eigenvalue weighted by Crippen LogP contribution is 2.19. The van der Waals surface area contributed by atoms with Gasteiger partial charge in [0.1, 0.15) is 0 Å². The molecule has 14 heavy (non-hydrogen) atoms. The van der Waals surface area contributed by atoms with Gasteiger partial charge < -0.3 is 10.6 Å². The number of amides is 1. The van der Waals surface area contributed by atoms with Crippen molar-refractivity contribution in [2.75, 3.05) is 26.7 Å². The predicted octanol–water partition coefficient (Wildman–Crippen LogP) is -0.360. The summed E-state index contributed by atoms with van der Waals surface area (Å²) in [6, 6.07) is 0.325. The zero-order valence-corrected chi connectivity index (χ0v) is 8.78. The van der Waals surface area contributed by atoms with Gasteiger partial charge in [-0.05, 0) is 32.9 Å². The first kappa shape index (κ1) is 9.93. The van der Waals surface area contributed by atoms with Crippen molar-refractivity contribution in [3.63, 3.8) is 0 Å². The lowest BCUT2D eigenvalue weighted by atomic mass is 10.2. The molecular formula is C10H19N3O. The van der Waals surface area contributed by atoms with Gasteiger partial charge in [-0.2, -0.15) is 0 Å². The number of nitrogens with two attached hydrogens (primary N) is 1. The zero-order chi connectivity index (χ0) is 10.1. The lowest BCUT2D eigenvalue weighted by Gasteiger charge is -2.24. The van der Waals surface area contributed by atoms with Gasteiger partial charge in [-0.15, -0.1) is 0 Å². The molecule has 2 fully saturated rings. The first-order valence-electron chi connectivity index (χ1n) is 5.43. The minimum atomic E-state index is 0.125. The summed E-state index contributed by atoms with van der Waals surface area (Å²) in [4.78, 5) is 16.1. The topological polar surface area (TPSA) is 49.6 Å². The molecule has 2 aliphatic rings. The SMILES string of the molecule is CN1CCCC1C(=O)N1CCC(N)C1. The van der Waals surface area contributed by atoms with Gasteiger partial charge in [0.25, 0.3) is 0 Å². The maximum atomic E-state index is 12.0. The van der Waals surface area contributed by atoms with E-state index in [0.29, 0.717) is 0 Å². The van der Waals surface area contributed by atoms with Crippen LogP contribution in [0.1, 0.15) is 19.3 Å². The molecular weight excluding hydrogens is 178 g/mol. The van der Waals surface area contributed by atoms with E-state index in [-0.39, 0.29) is 18.0 Å². The summed E-state index contributed by atoms with van der Waals surface area (Å²) in [7, 11) is 2.03. The molecule has 0 aliphatic carbocycles. The van der Waals surface area contributed by atoms with Gasteiger partial charge in [0.05, 0.1) is 6.04 Å². The Morgan fingerprint density at radius 2 is 2.14 bits per heavy atom. The van der Waals surface area contributed by atoms with Crippen LogP contribution < -0.4 is 5.73 Å². The monoisotopic (exact) mass is 197 g/mol. The molecule has 0 spiro atoms. The van der Waals surface area contributed by atoms with Crippen molar-refractivity contribution in [1.82, 2.24) is 9.80 Å². The smallest absolute Gasteiger partial charge is 0.239 e. The quantitative estimate of drug-likeness (QED) is 0.624. The summed E-state index contributed by atoms with van der Waals surface area (Å²) < 4.78 is 0. The van der Waals surface area contributed by atoms with E-state index in [2.05, 4.69) is 4.90 Å². The zero-order valence-electron chi connectivity index (χ0n) is 8.78. The third-order valence-corrected chi connectivity index (χ3v) is 3.34. The normalized spacial score (nSPS) is 34.0. The molecule has 1 amide bonds. The van der Waals surface area contributed by atoms with Crippen molar-refractivity contribution in [1.29, 1.82) is 0 Å². The largest absolute Gasteiger partial charge is 0.340 e. The van der Waals surface area contributed by atoms with Crippen LogP contribution in [0.4, 0.5) is 0 Å². The second-order valence-corrected chi connectivity index (χ2v) is 4.47. The van der Waals surface area contributed by atoms with Gasteiger partial charge in [0.2, 0.25) is 5.91 Å². The van der Waals surface area contributed by atoms with Crippen molar-refractivity contribution in [2.45, 2.75) is 31.3 Å². The highest BCUT2D eigenvalue weighted by atomic mass is 16.2. The molecule has 2 atom stereocenters. The van der Waals surface area contributed by atoms with Crippen LogP contribution in [0.5, 0.6) is 0 Å². The number of rotatable bonds is 1. The average molecular weight is 197 g/mol. The molecule has 0 aromatic rings. The summed E-state index contributed by atoms with van der Waals surface area (Å²) in [5.74, 6) is 0.290. The molecule has 4 nitrogen and oxygen atoms in total. The summed E-state index contributed by atoms with van der Waals surface area (Å²) in [6.45, 7) is 2.66. The van der Waals surface area contributed by atoms with E-state index in [9.17, 15) is 4.79 Å². The molecule has 2 rings (SSSR count). The first-order chi connectivity index (χ1) is 6.68. The Bertz CT molecular complexity index is 231. The molecule has 0 radical (unpaired) electrons. The van der Waals surface area contributed by atoms with Crippen molar-refractivity contribution < 1.29 is 4.79 Å².